The zero-order chi connectivity index (χ0) is 23.8. The lowest BCUT2D eigenvalue weighted by molar-refractivity contribution is -0.133. The van der Waals surface area contributed by atoms with Gasteiger partial charge in [-0.3, -0.25) is 14.5 Å². The highest BCUT2D eigenvalue weighted by Crippen LogP contribution is 2.30. The van der Waals surface area contributed by atoms with Gasteiger partial charge in [0.05, 0.1) is 4.90 Å². The van der Waals surface area contributed by atoms with Crippen LogP contribution in [0.4, 0.5) is 10.5 Å². The second-order valence-corrected chi connectivity index (χ2v) is 10.5. The zero-order valence-corrected chi connectivity index (χ0v) is 19.5. The second-order valence-electron chi connectivity index (χ2n) is 8.49. The number of aryl methyl sites for hydroxylation is 1. The minimum Gasteiger partial charge on any atom is -0.324 e. The Hall–Kier alpha value is -3.20. The highest BCUT2D eigenvalue weighted by Gasteiger charge is 2.49. The Morgan fingerprint density at radius 1 is 1.12 bits per heavy atom. The highest BCUT2D eigenvalue weighted by atomic mass is 32.2. The molecule has 1 aliphatic heterocycles. The molecule has 1 fully saturated rings. The Morgan fingerprint density at radius 3 is 2.31 bits per heavy atom. The van der Waals surface area contributed by atoms with Crippen molar-refractivity contribution in [1.29, 1.82) is 0 Å². The van der Waals surface area contributed by atoms with Crippen molar-refractivity contribution in [2.24, 2.45) is 0 Å². The van der Waals surface area contributed by atoms with E-state index in [1.807, 2.05) is 39.0 Å². The second kappa shape index (κ2) is 8.38. The van der Waals surface area contributed by atoms with Crippen LogP contribution in [0.25, 0.3) is 0 Å². The van der Waals surface area contributed by atoms with E-state index in [4.69, 9.17) is 0 Å². The molecule has 0 saturated carbocycles. The molecule has 8 nitrogen and oxygen atoms in total. The Kier molecular flexibility index (Phi) is 6.15. The summed E-state index contributed by atoms with van der Waals surface area (Å²) in [6, 6.07) is 10.8. The van der Waals surface area contributed by atoms with Gasteiger partial charge in [0.15, 0.2) is 9.84 Å². The van der Waals surface area contributed by atoms with Crippen LogP contribution in [0.2, 0.25) is 0 Å². The molecule has 2 aromatic rings. The lowest BCUT2D eigenvalue weighted by Gasteiger charge is -2.22. The first-order valence-corrected chi connectivity index (χ1v) is 12.1. The molecular formula is C23H27N3O5S. The number of carbonyl (C=O) groups excluding carboxylic acids is 3. The summed E-state index contributed by atoms with van der Waals surface area (Å²) in [5.74, 6) is -0.889. The van der Waals surface area contributed by atoms with Crippen molar-refractivity contribution in [3.8, 4) is 0 Å². The maximum atomic E-state index is 13.1. The Labute approximate surface area is 187 Å². The van der Waals surface area contributed by atoms with Crippen LogP contribution in [0.3, 0.4) is 0 Å². The van der Waals surface area contributed by atoms with Crippen LogP contribution in [-0.4, -0.2) is 44.0 Å². The van der Waals surface area contributed by atoms with Crippen molar-refractivity contribution in [2.75, 3.05) is 18.1 Å². The average molecular weight is 458 g/mol. The van der Waals surface area contributed by atoms with Crippen LogP contribution >= 0.6 is 0 Å². The van der Waals surface area contributed by atoms with E-state index in [0.29, 0.717) is 11.3 Å². The number of urea groups is 1. The minimum absolute atomic E-state index is 0.108. The van der Waals surface area contributed by atoms with Crippen molar-refractivity contribution in [1.82, 2.24) is 10.2 Å². The van der Waals surface area contributed by atoms with Crippen molar-refractivity contribution < 1.29 is 22.8 Å². The van der Waals surface area contributed by atoms with Crippen molar-refractivity contribution in [3.63, 3.8) is 0 Å². The van der Waals surface area contributed by atoms with E-state index in [9.17, 15) is 22.8 Å². The van der Waals surface area contributed by atoms with Crippen LogP contribution in [0.15, 0.2) is 47.4 Å². The molecule has 1 atom stereocenters. The molecule has 0 aliphatic carbocycles. The largest absolute Gasteiger partial charge is 0.325 e. The summed E-state index contributed by atoms with van der Waals surface area (Å²) in [6.45, 7) is 7.00. The molecule has 32 heavy (non-hydrogen) atoms. The molecule has 0 aromatic heterocycles. The first-order chi connectivity index (χ1) is 14.8. The highest BCUT2D eigenvalue weighted by molar-refractivity contribution is 7.90. The Balaban J connectivity index is 1.80. The number of hydrogen-bond acceptors (Lipinski definition) is 5. The molecule has 0 radical (unpaired) electrons. The maximum Gasteiger partial charge on any atom is 0.325 e. The van der Waals surface area contributed by atoms with E-state index < -0.39 is 39.8 Å². The fourth-order valence-electron chi connectivity index (χ4n) is 3.74. The molecule has 3 rings (SSSR count). The molecule has 2 N–H and O–H groups in total. The fraction of sp³-hybridized carbons (Fsp3) is 0.348. The van der Waals surface area contributed by atoms with Crippen molar-refractivity contribution in [2.45, 2.75) is 44.0 Å². The molecule has 1 heterocycles. The van der Waals surface area contributed by atoms with E-state index in [-0.39, 0.29) is 10.8 Å². The number of anilines is 1. The van der Waals surface area contributed by atoms with E-state index in [2.05, 4.69) is 10.6 Å². The number of carbonyl (C=O) groups is 3. The number of nitrogens with one attached hydrogen (secondary N) is 2. The van der Waals surface area contributed by atoms with E-state index in [0.717, 1.165) is 22.3 Å². The summed E-state index contributed by atoms with van der Waals surface area (Å²) in [7, 11) is -3.39. The third-order valence-electron chi connectivity index (χ3n) is 5.63. The predicted molar refractivity (Wildman–Crippen MR) is 121 cm³/mol. The maximum absolute atomic E-state index is 13.1. The van der Waals surface area contributed by atoms with Crippen molar-refractivity contribution >= 4 is 33.4 Å². The number of para-hydroxylation sites is 1. The molecular weight excluding hydrogens is 430 g/mol. The summed E-state index contributed by atoms with van der Waals surface area (Å²) in [5.41, 5.74) is 1.55. The molecule has 4 amide bonds. The van der Waals surface area contributed by atoms with Crippen LogP contribution in [-0.2, 0) is 25.0 Å². The van der Waals surface area contributed by atoms with Gasteiger partial charge in [-0.15, -0.1) is 0 Å². The number of nitrogens with zero attached hydrogens (tertiary/aromatic N) is 1. The molecule has 0 spiro atoms. The van der Waals surface area contributed by atoms with Gasteiger partial charge in [-0.2, -0.15) is 0 Å². The SMILES string of the molecule is Cc1cccc(C(C)C)c1NC(=O)CN1C(=O)NC(C)(c2ccc(S(C)(=O)=O)cc2)C1=O. The normalized spacial score (nSPS) is 18.8. The minimum atomic E-state index is -3.39. The van der Waals surface area contributed by atoms with E-state index in [1.54, 1.807) is 0 Å². The molecule has 0 bridgehead atoms. The first kappa shape index (κ1) is 23.5. The van der Waals surface area contributed by atoms with Gasteiger partial charge in [0.2, 0.25) is 5.91 Å². The number of rotatable bonds is 6. The van der Waals surface area contributed by atoms with Crippen molar-refractivity contribution in [3.05, 3.63) is 59.2 Å². The molecule has 2 aromatic carbocycles. The lowest BCUT2D eigenvalue weighted by Crippen LogP contribution is -2.42. The fourth-order valence-corrected chi connectivity index (χ4v) is 4.37. The van der Waals surface area contributed by atoms with Gasteiger partial charge < -0.3 is 10.6 Å². The topological polar surface area (TPSA) is 113 Å². The zero-order valence-electron chi connectivity index (χ0n) is 18.7. The standard InChI is InChI=1S/C23H27N3O5S/c1-14(2)18-8-6-7-15(3)20(18)24-19(27)13-26-21(28)23(4,25-22(26)29)16-9-11-17(12-10-16)32(5,30)31/h6-12,14H,13H2,1-5H3,(H,24,27)(H,25,29). The third kappa shape index (κ3) is 4.38. The number of imide groups is 1. The molecule has 1 aliphatic rings. The van der Waals surface area contributed by atoms with Gasteiger partial charge in [0.1, 0.15) is 12.1 Å². The van der Waals surface area contributed by atoms with Crippen LogP contribution in [0, 0.1) is 6.92 Å². The summed E-state index contributed by atoms with van der Waals surface area (Å²) in [6.07, 6.45) is 1.09. The van der Waals surface area contributed by atoms with Crippen LogP contribution in [0.5, 0.6) is 0 Å². The van der Waals surface area contributed by atoms with Gasteiger partial charge in [-0.25, -0.2) is 13.2 Å². The number of sulfone groups is 1. The predicted octanol–water partition coefficient (Wildman–Crippen LogP) is 2.93. The third-order valence-corrected chi connectivity index (χ3v) is 6.76. The monoisotopic (exact) mass is 457 g/mol. The Morgan fingerprint density at radius 2 is 1.75 bits per heavy atom. The smallest absolute Gasteiger partial charge is 0.324 e. The Bertz CT molecular complexity index is 1190. The number of amides is 4. The van der Waals surface area contributed by atoms with E-state index in [1.165, 1.54) is 31.2 Å². The first-order valence-electron chi connectivity index (χ1n) is 10.2. The summed E-state index contributed by atoms with van der Waals surface area (Å²) in [5, 5.41) is 5.46. The molecule has 9 heteroatoms. The summed E-state index contributed by atoms with van der Waals surface area (Å²) < 4.78 is 23.4. The van der Waals surface area contributed by atoms with Crippen LogP contribution in [0.1, 0.15) is 43.4 Å². The number of hydrogen-bond donors (Lipinski definition) is 2. The van der Waals surface area contributed by atoms with Gasteiger partial charge in [-0.05, 0) is 48.6 Å². The molecule has 1 unspecified atom stereocenters. The average Bonchev–Trinajstić information content (AvgIpc) is 2.92. The van der Waals surface area contributed by atoms with E-state index >= 15 is 0 Å². The van der Waals surface area contributed by atoms with Gasteiger partial charge in [0, 0.05) is 11.9 Å². The van der Waals surface area contributed by atoms with Gasteiger partial charge in [0.25, 0.3) is 5.91 Å². The quantitative estimate of drug-likeness (QED) is 0.648. The summed E-state index contributed by atoms with van der Waals surface area (Å²) >= 11 is 0. The summed E-state index contributed by atoms with van der Waals surface area (Å²) in [4.78, 5) is 39.4. The van der Waals surface area contributed by atoms with Crippen LogP contribution < -0.4 is 10.6 Å². The van der Waals surface area contributed by atoms with Gasteiger partial charge >= 0.3 is 6.03 Å². The van der Waals surface area contributed by atoms with Gasteiger partial charge in [-0.1, -0.05) is 44.2 Å². The number of benzene rings is 2. The lowest BCUT2D eigenvalue weighted by atomic mass is 9.92. The molecule has 170 valence electrons. The molecule has 1 saturated heterocycles.